The molecule has 62 heavy (non-hydrogen) atoms. The van der Waals surface area contributed by atoms with Crippen molar-refractivity contribution in [2.75, 3.05) is 41.5 Å². The van der Waals surface area contributed by atoms with Gasteiger partial charge in [-0.2, -0.15) is 0 Å². The van der Waals surface area contributed by atoms with Gasteiger partial charge in [-0.3, -0.25) is 9.59 Å². The zero-order valence-corrected chi connectivity index (χ0v) is 38.6. The molecular formula is C49H66N4O8S. The van der Waals surface area contributed by atoms with Crippen LogP contribution in [0.5, 0.6) is 0 Å². The van der Waals surface area contributed by atoms with Gasteiger partial charge in [0.1, 0.15) is 24.2 Å². The number of carbonyl (C=O) groups is 4. The Morgan fingerprint density at radius 2 is 1.48 bits per heavy atom. The number of likely N-dealkylation sites (N-methyl/N-ethyl adjacent to an activating group) is 1. The van der Waals surface area contributed by atoms with Crippen LogP contribution in [0.15, 0.2) is 78.9 Å². The predicted octanol–water partition coefficient (Wildman–Crippen LogP) is 6.87. The van der Waals surface area contributed by atoms with Crippen molar-refractivity contribution in [3.8, 4) is 11.1 Å². The van der Waals surface area contributed by atoms with Crippen LogP contribution in [0.25, 0.3) is 11.1 Å². The number of alkyl carbamates (subject to hydrolysis) is 1. The number of nitrogens with zero attached hydrogens (tertiary/aromatic N) is 1. The van der Waals surface area contributed by atoms with Crippen molar-refractivity contribution in [3.05, 3.63) is 95.6 Å². The lowest BCUT2D eigenvalue weighted by Crippen LogP contribution is -2.63. The number of fused-ring (bicyclic) bond motifs is 3. The molecule has 0 spiro atoms. The Bertz CT molecular complexity index is 1960. The van der Waals surface area contributed by atoms with Crippen molar-refractivity contribution < 1.29 is 38.1 Å². The van der Waals surface area contributed by atoms with Gasteiger partial charge in [-0.1, -0.05) is 132 Å². The maximum atomic E-state index is 14.9. The number of ketones is 1. The summed E-state index contributed by atoms with van der Waals surface area (Å²) < 4.78 is 23.3. The highest BCUT2D eigenvalue weighted by atomic mass is 32.1. The van der Waals surface area contributed by atoms with E-state index in [9.17, 15) is 19.2 Å². The molecule has 0 bridgehead atoms. The summed E-state index contributed by atoms with van der Waals surface area (Å²) in [6.45, 7) is 10.4. The summed E-state index contributed by atoms with van der Waals surface area (Å²) in [5.41, 5.74) is 4.27. The van der Waals surface area contributed by atoms with Crippen molar-refractivity contribution in [1.29, 1.82) is 0 Å². The standard InChI is InChI=1S/C49H66N4O8S/c1-10-31(4)43(53(6)46(55)42(30(2)3)52-48(57)61-29-38-36-23-16-14-21-34(36)35-22-15-17-24-37(35)38)40(58-7)28-41(54)49(25-18-26-50-49)44(59-8)32(5)45(62)51-39(47(56)60-9)27-33-19-12-11-13-20-33/h11-17,19-24,30-32,38-40,42-44,50H,10,18,25-29H2,1-9H3,(H,51,62)(H,52,57)/t31-,32+,39-,40+,42-,43-,44+,49+/m0/s1. The molecule has 1 aliphatic carbocycles. The zero-order valence-electron chi connectivity index (χ0n) is 37.8. The fraction of sp³-hybridized carbons (Fsp3) is 0.531. The minimum absolute atomic E-state index is 0.0200. The molecule has 2 aliphatic rings. The number of amides is 2. The lowest BCUT2D eigenvalue weighted by molar-refractivity contribution is -0.144. The minimum Gasteiger partial charge on any atom is -0.467 e. The van der Waals surface area contributed by atoms with Gasteiger partial charge in [0, 0.05) is 45.9 Å². The number of benzene rings is 3. The Morgan fingerprint density at radius 1 is 0.871 bits per heavy atom. The van der Waals surface area contributed by atoms with E-state index in [0.29, 0.717) is 30.8 Å². The van der Waals surface area contributed by atoms with E-state index in [1.807, 2.05) is 89.2 Å². The maximum absolute atomic E-state index is 14.9. The number of nitrogens with one attached hydrogen (secondary N) is 3. The highest BCUT2D eigenvalue weighted by molar-refractivity contribution is 7.80. The lowest BCUT2D eigenvalue weighted by atomic mass is 9.76. The van der Waals surface area contributed by atoms with Crippen LogP contribution in [0.1, 0.15) is 82.9 Å². The number of esters is 1. The highest BCUT2D eigenvalue weighted by Crippen LogP contribution is 2.44. The fourth-order valence-corrected chi connectivity index (χ4v) is 9.72. The molecule has 1 saturated heterocycles. The van der Waals surface area contributed by atoms with Gasteiger partial charge in [-0.05, 0) is 59.0 Å². The maximum Gasteiger partial charge on any atom is 0.407 e. The highest BCUT2D eigenvalue weighted by Gasteiger charge is 2.52. The molecule has 2 amide bonds. The minimum atomic E-state index is -1.12. The van der Waals surface area contributed by atoms with Crippen LogP contribution in [-0.4, -0.2) is 111 Å². The van der Waals surface area contributed by atoms with E-state index in [0.717, 1.165) is 34.2 Å². The van der Waals surface area contributed by atoms with Crippen LogP contribution in [0.4, 0.5) is 4.79 Å². The molecule has 3 aromatic carbocycles. The second-order valence-electron chi connectivity index (χ2n) is 17.1. The summed E-state index contributed by atoms with van der Waals surface area (Å²) in [4.78, 5) is 57.8. The smallest absolute Gasteiger partial charge is 0.407 e. The van der Waals surface area contributed by atoms with E-state index in [1.165, 1.54) is 7.11 Å². The van der Waals surface area contributed by atoms with Gasteiger partial charge in [-0.15, -0.1) is 0 Å². The first kappa shape index (κ1) is 48.3. The third kappa shape index (κ3) is 10.7. The first-order valence-corrected chi connectivity index (χ1v) is 22.3. The summed E-state index contributed by atoms with van der Waals surface area (Å²) >= 11 is 5.92. The quantitative estimate of drug-likeness (QED) is 0.0763. The van der Waals surface area contributed by atoms with Crippen LogP contribution in [0.3, 0.4) is 0 Å². The number of carbonyl (C=O) groups excluding carboxylic acids is 4. The molecular weight excluding hydrogens is 805 g/mol. The third-order valence-corrected chi connectivity index (χ3v) is 13.5. The largest absolute Gasteiger partial charge is 0.467 e. The molecule has 12 nitrogen and oxygen atoms in total. The number of Topliss-reactive ketones (excluding diaryl/α,β-unsaturated/α-hetero) is 1. The summed E-state index contributed by atoms with van der Waals surface area (Å²) in [5.74, 6) is -1.84. The number of hydrogen-bond acceptors (Lipinski definition) is 10. The molecule has 1 aliphatic heterocycles. The van der Waals surface area contributed by atoms with E-state index < -0.39 is 53.9 Å². The number of hydrogen-bond donors (Lipinski definition) is 3. The van der Waals surface area contributed by atoms with E-state index in [-0.39, 0.29) is 42.5 Å². The van der Waals surface area contributed by atoms with Crippen molar-refractivity contribution in [1.82, 2.24) is 20.9 Å². The van der Waals surface area contributed by atoms with Gasteiger partial charge in [0.25, 0.3) is 0 Å². The second-order valence-corrected chi connectivity index (χ2v) is 17.6. The van der Waals surface area contributed by atoms with Crippen molar-refractivity contribution in [3.63, 3.8) is 0 Å². The first-order chi connectivity index (χ1) is 29.7. The zero-order chi connectivity index (χ0) is 45.1. The Morgan fingerprint density at radius 3 is 2.02 bits per heavy atom. The molecule has 0 radical (unpaired) electrons. The molecule has 1 heterocycles. The number of ether oxygens (including phenoxy) is 4. The molecule has 3 aromatic rings. The Labute approximate surface area is 373 Å². The average molecular weight is 871 g/mol. The normalized spacial score (nSPS) is 19.2. The fourth-order valence-electron chi connectivity index (χ4n) is 9.46. The van der Waals surface area contributed by atoms with E-state index in [2.05, 4.69) is 40.2 Å². The molecule has 336 valence electrons. The Hall–Kier alpha value is -4.69. The van der Waals surface area contributed by atoms with Crippen LogP contribution in [0, 0.1) is 17.8 Å². The summed E-state index contributed by atoms with van der Waals surface area (Å²) in [5, 5.41) is 9.60. The van der Waals surface area contributed by atoms with E-state index >= 15 is 0 Å². The van der Waals surface area contributed by atoms with Crippen molar-refractivity contribution in [2.45, 2.75) is 109 Å². The average Bonchev–Trinajstić information content (AvgIpc) is 3.90. The molecule has 1 fully saturated rings. The van der Waals surface area contributed by atoms with E-state index in [1.54, 1.807) is 26.2 Å². The molecule has 8 atom stereocenters. The van der Waals surface area contributed by atoms with Crippen molar-refractivity contribution in [2.24, 2.45) is 17.8 Å². The lowest BCUT2D eigenvalue weighted by Gasteiger charge is -2.43. The van der Waals surface area contributed by atoms with Gasteiger partial charge in [-0.25, -0.2) is 9.59 Å². The van der Waals surface area contributed by atoms with Crippen LogP contribution >= 0.6 is 12.2 Å². The van der Waals surface area contributed by atoms with Gasteiger partial charge in [0.05, 0.1) is 30.3 Å². The Kier molecular flexibility index (Phi) is 17.2. The second kappa shape index (κ2) is 22.1. The number of rotatable bonds is 21. The molecule has 0 unspecified atom stereocenters. The molecule has 0 aromatic heterocycles. The van der Waals surface area contributed by atoms with Crippen LogP contribution < -0.4 is 16.0 Å². The summed E-state index contributed by atoms with van der Waals surface area (Å²) in [6, 6.07) is 23.7. The van der Waals surface area contributed by atoms with Crippen LogP contribution in [0.2, 0.25) is 0 Å². The molecule has 3 N–H and O–H groups in total. The monoisotopic (exact) mass is 870 g/mol. The third-order valence-electron chi connectivity index (χ3n) is 13.0. The Balaban J connectivity index is 1.30. The number of methoxy groups -OCH3 is 3. The van der Waals surface area contributed by atoms with Gasteiger partial charge in [0.15, 0.2) is 5.78 Å². The number of thiocarbonyl (C=S) groups is 1. The van der Waals surface area contributed by atoms with Crippen LogP contribution in [-0.2, 0) is 39.8 Å². The van der Waals surface area contributed by atoms with Crippen molar-refractivity contribution >= 4 is 41.0 Å². The molecule has 0 saturated carbocycles. The first-order valence-electron chi connectivity index (χ1n) is 21.9. The van der Waals surface area contributed by atoms with Gasteiger partial charge < -0.3 is 39.8 Å². The van der Waals surface area contributed by atoms with E-state index in [4.69, 9.17) is 31.2 Å². The molecule has 13 heteroatoms. The SMILES string of the molecule is CC[C@H](C)[C@@H]([C@@H](CC(=O)[C@@]1([C@H](OC)[C@@H](C)C(=S)N[C@@H](Cc2ccccc2)C(=O)OC)CCCN1)OC)N(C)C(=O)[C@@H](NC(=O)OCC1c2ccccc2-c2ccccc21)C(C)C. The topological polar surface area (TPSA) is 145 Å². The predicted molar refractivity (Wildman–Crippen MR) is 245 cm³/mol. The van der Waals surface area contributed by atoms with Gasteiger partial charge in [0.2, 0.25) is 5.91 Å². The summed E-state index contributed by atoms with van der Waals surface area (Å²) in [7, 11) is 6.19. The molecule has 5 rings (SSSR count). The summed E-state index contributed by atoms with van der Waals surface area (Å²) in [6.07, 6.45) is 0.212. The van der Waals surface area contributed by atoms with Gasteiger partial charge >= 0.3 is 12.1 Å².